The van der Waals surface area contributed by atoms with Crippen molar-refractivity contribution in [2.45, 2.75) is 130 Å². The van der Waals surface area contributed by atoms with E-state index in [1.165, 1.54) is 96.6 Å². The zero-order valence-electron chi connectivity index (χ0n) is 25.1. The number of hydrazine groups is 1. The van der Waals surface area contributed by atoms with E-state index in [4.69, 9.17) is 5.84 Å². The first-order valence-corrected chi connectivity index (χ1v) is 16.5. The predicted octanol–water partition coefficient (Wildman–Crippen LogP) is 5.60. The van der Waals surface area contributed by atoms with Gasteiger partial charge in [-0.05, 0) is 156 Å². The van der Waals surface area contributed by atoms with Crippen LogP contribution in [0.4, 0.5) is 0 Å². The Morgan fingerprint density at radius 1 is 0.757 bits per heavy atom. The minimum absolute atomic E-state index is 0.613. The number of nitrogens with one attached hydrogen (secondary N) is 4. The quantitative estimate of drug-likeness (QED) is 0.111. The number of unbranched alkanes of at least 4 members (excludes halogenated alkanes) is 1. The van der Waals surface area contributed by atoms with Gasteiger partial charge in [0.2, 0.25) is 0 Å². The molecule has 5 nitrogen and oxygen atoms in total. The van der Waals surface area contributed by atoms with Gasteiger partial charge in [0.15, 0.2) is 0 Å². The summed E-state index contributed by atoms with van der Waals surface area (Å²) >= 11 is 0. The second-order valence-corrected chi connectivity index (χ2v) is 14.4. The van der Waals surface area contributed by atoms with Gasteiger partial charge in [0, 0.05) is 18.6 Å². The van der Waals surface area contributed by atoms with E-state index in [2.05, 4.69) is 49.1 Å². The molecule has 0 bridgehead atoms. The molecule has 0 aromatic rings. The molecule has 8 atom stereocenters. The highest BCUT2D eigenvalue weighted by atomic mass is 15.2. The summed E-state index contributed by atoms with van der Waals surface area (Å²) in [4.78, 5) is 0. The highest BCUT2D eigenvalue weighted by Gasteiger charge is 2.59. The van der Waals surface area contributed by atoms with Crippen LogP contribution in [0.3, 0.4) is 0 Å². The Morgan fingerprint density at radius 2 is 1.51 bits per heavy atom. The summed E-state index contributed by atoms with van der Waals surface area (Å²) in [7, 11) is 0. The van der Waals surface area contributed by atoms with Crippen LogP contribution in [0.5, 0.6) is 0 Å². The third-order valence-corrected chi connectivity index (χ3v) is 12.0. The highest BCUT2D eigenvalue weighted by molar-refractivity contribution is 5.09. The Morgan fingerprint density at radius 3 is 2.32 bits per heavy atom. The Labute approximate surface area is 230 Å². The van der Waals surface area contributed by atoms with Crippen LogP contribution in [0.1, 0.15) is 118 Å². The van der Waals surface area contributed by atoms with Crippen LogP contribution in [0.2, 0.25) is 0 Å². The molecule has 0 aromatic carbocycles. The van der Waals surface area contributed by atoms with E-state index in [9.17, 15) is 0 Å². The van der Waals surface area contributed by atoms with Crippen LogP contribution in [-0.4, -0.2) is 44.8 Å². The summed E-state index contributed by atoms with van der Waals surface area (Å²) in [6.07, 6.45) is 19.9. The molecule has 4 fully saturated rings. The lowest BCUT2D eigenvalue weighted by Crippen LogP contribution is -2.55. The lowest BCUT2D eigenvalue weighted by Gasteiger charge is -2.61. The van der Waals surface area contributed by atoms with E-state index in [1.807, 2.05) is 0 Å². The number of nitrogens with two attached hydrogens (primary N) is 1. The van der Waals surface area contributed by atoms with Crippen molar-refractivity contribution < 1.29 is 0 Å². The van der Waals surface area contributed by atoms with Gasteiger partial charge in [-0.3, -0.25) is 11.3 Å². The van der Waals surface area contributed by atoms with Gasteiger partial charge in [-0.1, -0.05) is 27.7 Å². The molecule has 216 valence electrons. The molecule has 4 rings (SSSR count). The van der Waals surface area contributed by atoms with Crippen LogP contribution < -0.4 is 27.2 Å². The molecule has 6 unspecified atom stereocenters. The average molecular weight is 518 g/mol. The standard InChI is InChI=1S/C32H63N5/c1-24(2)35-20-7-9-25-11-13-29-28-12-10-26-23-27(36-21-8-19-34-18-5-6-22-37-33)14-16-32(26,4)30(28)15-17-31(25,29)3/h24-30,34-37H,5-23,33H2,1-4H3/t25-,26?,27?,28?,29?,30?,31?,32-/m0/s1. The van der Waals surface area contributed by atoms with Crippen molar-refractivity contribution in [3.8, 4) is 0 Å². The third kappa shape index (κ3) is 7.12. The predicted molar refractivity (Wildman–Crippen MR) is 158 cm³/mol. The highest BCUT2D eigenvalue weighted by Crippen LogP contribution is 2.67. The molecule has 0 radical (unpaired) electrons. The Kier molecular flexibility index (Phi) is 11.2. The van der Waals surface area contributed by atoms with E-state index in [1.54, 1.807) is 0 Å². The molecule has 0 spiro atoms. The second-order valence-electron chi connectivity index (χ2n) is 14.4. The lowest BCUT2D eigenvalue weighted by molar-refractivity contribution is -0.115. The maximum absolute atomic E-state index is 5.34. The van der Waals surface area contributed by atoms with Crippen molar-refractivity contribution in [3.05, 3.63) is 0 Å². The zero-order valence-corrected chi connectivity index (χ0v) is 25.1. The van der Waals surface area contributed by atoms with Crippen LogP contribution in [0.15, 0.2) is 0 Å². The van der Waals surface area contributed by atoms with Crippen molar-refractivity contribution in [2.75, 3.05) is 32.7 Å². The molecule has 6 N–H and O–H groups in total. The molecule has 4 saturated carbocycles. The van der Waals surface area contributed by atoms with Crippen LogP contribution in [-0.2, 0) is 0 Å². The van der Waals surface area contributed by atoms with Gasteiger partial charge in [0.25, 0.3) is 0 Å². The van der Waals surface area contributed by atoms with Crippen molar-refractivity contribution in [1.82, 2.24) is 21.4 Å². The summed E-state index contributed by atoms with van der Waals surface area (Å²) in [5.41, 5.74) is 3.99. The summed E-state index contributed by atoms with van der Waals surface area (Å²) in [6, 6.07) is 1.38. The number of hydrogen-bond acceptors (Lipinski definition) is 5. The van der Waals surface area contributed by atoms with Gasteiger partial charge < -0.3 is 16.0 Å². The average Bonchev–Trinajstić information content (AvgIpc) is 3.21. The lowest BCUT2D eigenvalue weighted by atomic mass is 9.44. The molecular formula is C32H63N5. The second kappa shape index (κ2) is 13.9. The topological polar surface area (TPSA) is 74.1 Å². The monoisotopic (exact) mass is 518 g/mol. The molecule has 0 heterocycles. The summed E-state index contributed by atoms with van der Waals surface area (Å²) in [5.74, 6) is 10.3. The van der Waals surface area contributed by atoms with Crippen LogP contribution in [0, 0.1) is 40.4 Å². The first-order chi connectivity index (χ1) is 17.9. The van der Waals surface area contributed by atoms with Crippen molar-refractivity contribution in [1.29, 1.82) is 0 Å². The van der Waals surface area contributed by atoms with Crippen molar-refractivity contribution in [2.24, 2.45) is 46.3 Å². The number of fused-ring (bicyclic) bond motifs is 5. The number of hydrogen-bond donors (Lipinski definition) is 5. The first kappa shape index (κ1) is 29.8. The summed E-state index contributed by atoms with van der Waals surface area (Å²) in [5, 5.41) is 11.2. The molecule has 0 aliphatic heterocycles. The van der Waals surface area contributed by atoms with Gasteiger partial charge in [0.1, 0.15) is 0 Å². The zero-order chi connectivity index (χ0) is 26.3. The van der Waals surface area contributed by atoms with Gasteiger partial charge in [0.05, 0.1) is 0 Å². The fraction of sp³-hybridized carbons (Fsp3) is 1.00. The van der Waals surface area contributed by atoms with E-state index >= 15 is 0 Å². The normalized spacial score (nSPS) is 39.4. The smallest absolute Gasteiger partial charge is 0.00978 e. The molecule has 0 amide bonds. The molecule has 0 saturated heterocycles. The van der Waals surface area contributed by atoms with Gasteiger partial charge in [-0.25, -0.2) is 0 Å². The minimum Gasteiger partial charge on any atom is -0.317 e. The van der Waals surface area contributed by atoms with Gasteiger partial charge in [-0.2, -0.15) is 0 Å². The summed E-state index contributed by atoms with van der Waals surface area (Å²) in [6.45, 7) is 15.6. The molecule has 4 aliphatic rings. The minimum atomic E-state index is 0.613. The van der Waals surface area contributed by atoms with Crippen LogP contribution in [0.25, 0.3) is 0 Å². The van der Waals surface area contributed by atoms with Gasteiger partial charge in [-0.15, -0.1) is 0 Å². The fourth-order valence-corrected chi connectivity index (χ4v) is 9.89. The molecule has 4 aliphatic carbocycles. The Hall–Kier alpha value is -0.200. The van der Waals surface area contributed by atoms with Crippen LogP contribution >= 0.6 is 0 Å². The third-order valence-electron chi connectivity index (χ3n) is 12.0. The van der Waals surface area contributed by atoms with E-state index in [0.717, 1.165) is 61.7 Å². The first-order valence-electron chi connectivity index (χ1n) is 16.5. The number of rotatable bonds is 15. The van der Waals surface area contributed by atoms with E-state index in [-0.39, 0.29) is 0 Å². The molecule has 5 heteroatoms. The SMILES string of the molecule is CC(C)NCCC[C@H]1CCC2C3CCC4CC(NCCCNCCCCNN)CC[C@]4(C)C3CCC21C. The Balaban J connectivity index is 1.21. The molecular weight excluding hydrogens is 454 g/mol. The Bertz CT molecular complexity index is 670. The van der Waals surface area contributed by atoms with Crippen molar-refractivity contribution in [3.63, 3.8) is 0 Å². The maximum atomic E-state index is 5.34. The molecule has 0 aromatic heterocycles. The largest absolute Gasteiger partial charge is 0.317 e. The van der Waals surface area contributed by atoms with Gasteiger partial charge >= 0.3 is 0 Å². The fourth-order valence-electron chi connectivity index (χ4n) is 9.89. The van der Waals surface area contributed by atoms with Crippen molar-refractivity contribution >= 4 is 0 Å². The summed E-state index contributed by atoms with van der Waals surface area (Å²) < 4.78 is 0. The maximum Gasteiger partial charge on any atom is 0.00978 e. The van der Waals surface area contributed by atoms with E-state index in [0.29, 0.717) is 16.9 Å². The molecule has 37 heavy (non-hydrogen) atoms. The van der Waals surface area contributed by atoms with E-state index < -0.39 is 0 Å².